The lowest BCUT2D eigenvalue weighted by molar-refractivity contribution is 0.0696. The second-order valence-electron chi connectivity index (χ2n) is 2.08. The summed E-state index contributed by atoms with van der Waals surface area (Å²) in [6.45, 7) is 0. The van der Waals surface area contributed by atoms with Gasteiger partial charge in [-0.1, -0.05) is 5.92 Å². The van der Waals surface area contributed by atoms with Gasteiger partial charge in [0.1, 0.15) is 0 Å². The van der Waals surface area contributed by atoms with Crippen molar-refractivity contribution in [2.45, 2.75) is 0 Å². The summed E-state index contributed by atoms with van der Waals surface area (Å²) >= 11 is 0. The van der Waals surface area contributed by atoms with E-state index in [4.69, 9.17) is 11.5 Å². The molecule has 0 saturated carbocycles. The van der Waals surface area contributed by atoms with E-state index in [-0.39, 0.29) is 11.1 Å². The van der Waals surface area contributed by atoms with E-state index >= 15 is 0 Å². The largest absolute Gasteiger partial charge is 0.478 e. The molecule has 0 spiro atoms. The molecule has 60 valence electrons. The number of hydrogen-bond donors (Lipinski definition) is 2. The molecule has 1 heterocycles. The average molecular weight is 163 g/mol. The van der Waals surface area contributed by atoms with Crippen molar-refractivity contribution in [1.82, 2.24) is 4.98 Å². The lowest BCUT2D eigenvalue weighted by Crippen LogP contribution is -2.11. The molecule has 0 aliphatic rings. The van der Waals surface area contributed by atoms with Crippen LogP contribution >= 0.6 is 0 Å². The Morgan fingerprint density at radius 2 is 2.33 bits per heavy atom. The number of rotatable bonds is 1. The highest BCUT2D eigenvalue weighted by Crippen LogP contribution is 1.96. The molecule has 0 bridgehead atoms. The summed E-state index contributed by atoms with van der Waals surface area (Å²) in [4.78, 5) is 23.4. The zero-order valence-corrected chi connectivity index (χ0v) is 6.00. The van der Waals surface area contributed by atoms with Crippen molar-refractivity contribution in [2.75, 3.05) is 0 Å². The fourth-order valence-corrected chi connectivity index (χ4v) is 0.714. The number of terminal acetylenes is 1. The summed E-state index contributed by atoms with van der Waals surface area (Å²) < 4.78 is 0. The Bertz CT molecular complexity index is 411. The van der Waals surface area contributed by atoms with Gasteiger partial charge in [0.15, 0.2) is 0 Å². The molecule has 1 aromatic rings. The summed E-state index contributed by atoms with van der Waals surface area (Å²) in [5.74, 6) is 0.961. The monoisotopic (exact) mass is 163 g/mol. The molecule has 0 radical (unpaired) electrons. The highest BCUT2D eigenvalue weighted by Gasteiger charge is 2.04. The van der Waals surface area contributed by atoms with Crippen LogP contribution in [0.1, 0.15) is 15.9 Å². The highest BCUT2D eigenvalue weighted by atomic mass is 16.4. The van der Waals surface area contributed by atoms with E-state index in [9.17, 15) is 9.59 Å². The Kier molecular flexibility index (Phi) is 1.97. The van der Waals surface area contributed by atoms with Crippen LogP contribution in [0.15, 0.2) is 17.1 Å². The highest BCUT2D eigenvalue weighted by molar-refractivity contribution is 5.87. The SMILES string of the molecule is C#Cc1cc(C(=O)O)c[nH]c1=O. The zero-order chi connectivity index (χ0) is 9.14. The molecule has 0 aromatic carbocycles. The minimum atomic E-state index is -1.12. The quantitative estimate of drug-likeness (QED) is 0.575. The maximum atomic E-state index is 10.8. The van der Waals surface area contributed by atoms with E-state index in [2.05, 4.69) is 10.9 Å². The van der Waals surface area contributed by atoms with E-state index in [1.54, 1.807) is 0 Å². The number of hydrogen-bond acceptors (Lipinski definition) is 2. The van der Waals surface area contributed by atoms with Crippen LogP contribution in [0.2, 0.25) is 0 Å². The van der Waals surface area contributed by atoms with Crippen molar-refractivity contribution in [3.8, 4) is 12.3 Å². The second-order valence-corrected chi connectivity index (χ2v) is 2.08. The first kappa shape index (κ1) is 8.08. The molecule has 4 heteroatoms. The molecule has 0 unspecified atom stereocenters. The van der Waals surface area contributed by atoms with Crippen LogP contribution in [0.3, 0.4) is 0 Å². The second kappa shape index (κ2) is 2.93. The number of carboxylic acid groups (broad SMARTS) is 1. The number of H-pyrrole nitrogens is 1. The molecule has 0 fully saturated rings. The summed E-state index contributed by atoms with van der Waals surface area (Å²) in [5, 5.41) is 8.51. The molecule has 0 saturated heterocycles. The lowest BCUT2D eigenvalue weighted by Gasteiger charge is -1.93. The van der Waals surface area contributed by atoms with Crippen LogP contribution in [0.5, 0.6) is 0 Å². The summed E-state index contributed by atoms with van der Waals surface area (Å²) in [5.41, 5.74) is -0.458. The maximum Gasteiger partial charge on any atom is 0.337 e. The third kappa shape index (κ3) is 1.35. The van der Waals surface area contributed by atoms with Crippen LogP contribution in [-0.2, 0) is 0 Å². The average Bonchev–Trinajstić information content (AvgIpc) is 2.05. The van der Waals surface area contributed by atoms with Gasteiger partial charge in [0.05, 0.1) is 11.1 Å². The number of aromatic nitrogens is 1. The van der Waals surface area contributed by atoms with Crippen LogP contribution in [0, 0.1) is 12.3 Å². The van der Waals surface area contributed by atoms with Gasteiger partial charge in [-0.05, 0) is 6.07 Å². The molecule has 4 nitrogen and oxygen atoms in total. The minimum Gasteiger partial charge on any atom is -0.478 e. The van der Waals surface area contributed by atoms with Crippen molar-refractivity contribution in [3.63, 3.8) is 0 Å². The fourth-order valence-electron chi connectivity index (χ4n) is 0.714. The van der Waals surface area contributed by atoms with Crippen LogP contribution in [-0.4, -0.2) is 16.1 Å². The number of pyridine rings is 1. The van der Waals surface area contributed by atoms with E-state index in [0.29, 0.717) is 0 Å². The van der Waals surface area contributed by atoms with Gasteiger partial charge >= 0.3 is 5.97 Å². The van der Waals surface area contributed by atoms with Gasteiger partial charge in [0, 0.05) is 6.20 Å². The third-order valence-corrected chi connectivity index (χ3v) is 1.31. The van der Waals surface area contributed by atoms with Gasteiger partial charge in [-0.25, -0.2) is 4.79 Å². The Morgan fingerprint density at radius 1 is 1.67 bits per heavy atom. The molecule has 0 aliphatic carbocycles. The molecule has 1 rings (SSSR count). The first-order valence-corrected chi connectivity index (χ1v) is 3.08. The molecule has 0 atom stereocenters. The third-order valence-electron chi connectivity index (χ3n) is 1.31. The Labute approximate surface area is 67.9 Å². The van der Waals surface area contributed by atoms with Crippen LogP contribution < -0.4 is 5.56 Å². The van der Waals surface area contributed by atoms with E-state index in [1.807, 2.05) is 0 Å². The summed E-state index contributed by atoms with van der Waals surface area (Å²) in [7, 11) is 0. The summed E-state index contributed by atoms with van der Waals surface area (Å²) in [6, 6.07) is 1.15. The molecule has 12 heavy (non-hydrogen) atoms. The van der Waals surface area contributed by atoms with Gasteiger partial charge in [0.2, 0.25) is 0 Å². The van der Waals surface area contributed by atoms with Crippen molar-refractivity contribution in [1.29, 1.82) is 0 Å². The van der Waals surface area contributed by atoms with Crippen molar-refractivity contribution >= 4 is 5.97 Å². The molecule has 0 amide bonds. The van der Waals surface area contributed by atoms with Gasteiger partial charge < -0.3 is 10.1 Å². The van der Waals surface area contributed by atoms with Gasteiger partial charge in [-0.15, -0.1) is 6.42 Å². The molecule has 1 aromatic heterocycles. The molecule has 0 aliphatic heterocycles. The molecular weight excluding hydrogens is 158 g/mol. The first-order chi connectivity index (χ1) is 5.65. The smallest absolute Gasteiger partial charge is 0.337 e. The Morgan fingerprint density at radius 3 is 2.83 bits per heavy atom. The predicted octanol–water partition coefficient (Wildman–Crippen LogP) is 0.0544. The van der Waals surface area contributed by atoms with Gasteiger partial charge in [-0.3, -0.25) is 4.79 Å². The minimum absolute atomic E-state index is 0.0231. The van der Waals surface area contributed by atoms with Gasteiger partial charge in [0.25, 0.3) is 5.56 Å². The fraction of sp³-hybridized carbons (Fsp3) is 0. The number of carbonyl (C=O) groups is 1. The van der Waals surface area contributed by atoms with E-state index in [0.717, 1.165) is 12.3 Å². The number of aromatic amines is 1. The Hall–Kier alpha value is -2.02. The molecule has 2 N–H and O–H groups in total. The standard InChI is InChI=1S/C8H5NO3/c1-2-5-3-6(8(11)12)4-9-7(5)10/h1,3-4H,(H,9,10)(H,11,12). The lowest BCUT2D eigenvalue weighted by atomic mass is 10.2. The van der Waals surface area contributed by atoms with Crippen molar-refractivity contribution in [2.24, 2.45) is 0 Å². The number of nitrogens with one attached hydrogen (secondary N) is 1. The van der Waals surface area contributed by atoms with Crippen molar-refractivity contribution in [3.05, 3.63) is 33.7 Å². The van der Waals surface area contributed by atoms with Crippen LogP contribution in [0.4, 0.5) is 0 Å². The predicted molar refractivity (Wildman–Crippen MR) is 42.0 cm³/mol. The summed E-state index contributed by atoms with van der Waals surface area (Å²) in [6.07, 6.45) is 6.06. The normalized spacial score (nSPS) is 8.92. The van der Waals surface area contributed by atoms with Crippen LogP contribution in [0.25, 0.3) is 0 Å². The molecular formula is C8H5NO3. The maximum absolute atomic E-state index is 10.8. The Balaban J connectivity index is 3.35. The van der Waals surface area contributed by atoms with Crippen molar-refractivity contribution < 1.29 is 9.90 Å². The number of carboxylic acids is 1. The van der Waals surface area contributed by atoms with Gasteiger partial charge in [-0.2, -0.15) is 0 Å². The van der Waals surface area contributed by atoms with E-state index in [1.165, 1.54) is 0 Å². The number of aromatic carboxylic acids is 1. The zero-order valence-electron chi connectivity index (χ0n) is 6.00. The first-order valence-electron chi connectivity index (χ1n) is 3.08. The van der Waals surface area contributed by atoms with E-state index < -0.39 is 11.5 Å². The topological polar surface area (TPSA) is 70.2 Å².